The molecular formula is C20H25N3O3S. The van der Waals surface area contributed by atoms with Crippen molar-refractivity contribution >= 4 is 29.0 Å². The lowest BCUT2D eigenvalue weighted by Crippen LogP contribution is -2.23. The van der Waals surface area contributed by atoms with E-state index in [9.17, 15) is 9.59 Å². The first-order valence-electron chi connectivity index (χ1n) is 9.83. The van der Waals surface area contributed by atoms with Gasteiger partial charge in [0.15, 0.2) is 6.61 Å². The van der Waals surface area contributed by atoms with E-state index in [-0.39, 0.29) is 12.5 Å². The van der Waals surface area contributed by atoms with Crippen molar-refractivity contribution in [2.45, 2.75) is 63.8 Å². The number of carbonyl (C=O) groups excluding carboxylic acids is 2. The second-order valence-corrected chi connectivity index (χ2v) is 8.48. The van der Waals surface area contributed by atoms with Crippen molar-refractivity contribution in [1.82, 2.24) is 9.78 Å². The van der Waals surface area contributed by atoms with Gasteiger partial charge in [0.05, 0.1) is 12.2 Å². The molecule has 0 spiro atoms. The van der Waals surface area contributed by atoms with Crippen LogP contribution in [0.5, 0.6) is 0 Å². The van der Waals surface area contributed by atoms with Gasteiger partial charge in [-0.15, -0.1) is 11.3 Å². The van der Waals surface area contributed by atoms with Crippen LogP contribution < -0.4 is 5.32 Å². The van der Waals surface area contributed by atoms with E-state index in [0.29, 0.717) is 16.7 Å². The van der Waals surface area contributed by atoms with Crippen molar-refractivity contribution in [3.8, 4) is 0 Å². The SMILES string of the molecule is O=C(COC(=O)c1cc2c(s1)CCCCC2)Nc1ccnn1C1CCCC1. The largest absolute Gasteiger partial charge is 0.451 e. The molecule has 2 heterocycles. The van der Waals surface area contributed by atoms with Crippen LogP contribution in [0.15, 0.2) is 18.3 Å². The normalized spacial score (nSPS) is 17.3. The predicted molar refractivity (Wildman–Crippen MR) is 104 cm³/mol. The molecule has 2 aliphatic rings. The van der Waals surface area contributed by atoms with Gasteiger partial charge in [0.2, 0.25) is 0 Å². The van der Waals surface area contributed by atoms with Gasteiger partial charge in [-0.05, 0) is 50.2 Å². The fraction of sp³-hybridized carbons (Fsp3) is 0.550. The number of aromatic nitrogens is 2. The standard InChI is InChI=1S/C20H25N3O3S/c24-19(22-18-10-11-21-23(18)15-7-4-5-8-15)13-26-20(25)17-12-14-6-2-1-3-9-16(14)27-17/h10-12,15H,1-9,13H2,(H,22,24). The summed E-state index contributed by atoms with van der Waals surface area (Å²) in [5.41, 5.74) is 1.27. The second kappa shape index (κ2) is 8.25. The Kier molecular flexibility index (Phi) is 5.57. The number of nitrogens with zero attached hydrogens (tertiary/aromatic N) is 2. The number of fused-ring (bicyclic) bond motifs is 1. The first kappa shape index (κ1) is 18.2. The summed E-state index contributed by atoms with van der Waals surface area (Å²) in [6.07, 6.45) is 11.9. The van der Waals surface area contributed by atoms with Crippen molar-refractivity contribution < 1.29 is 14.3 Å². The van der Waals surface area contributed by atoms with Crippen molar-refractivity contribution in [2.75, 3.05) is 11.9 Å². The van der Waals surface area contributed by atoms with Gasteiger partial charge in [-0.3, -0.25) is 4.79 Å². The number of ether oxygens (including phenoxy) is 1. The number of amides is 1. The summed E-state index contributed by atoms with van der Waals surface area (Å²) >= 11 is 1.51. The summed E-state index contributed by atoms with van der Waals surface area (Å²) in [7, 11) is 0. The Labute approximate surface area is 162 Å². The summed E-state index contributed by atoms with van der Waals surface area (Å²) in [5, 5.41) is 7.15. The number of thiophene rings is 1. The molecule has 2 aromatic heterocycles. The average Bonchev–Trinajstić information content (AvgIpc) is 3.39. The molecule has 7 heteroatoms. The van der Waals surface area contributed by atoms with Crippen LogP contribution in [0, 0.1) is 0 Å². The molecule has 4 rings (SSSR count). The smallest absolute Gasteiger partial charge is 0.348 e. The van der Waals surface area contributed by atoms with Gasteiger partial charge >= 0.3 is 5.97 Å². The topological polar surface area (TPSA) is 73.2 Å². The fourth-order valence-corrected chi connectivity index (χ4v) is 5.15. The van der Waals surface area contributed by atoms with E-state index in [2.05, 4.69) is 10.4 Å². The zero-order valence-corrected chi connectivity index (χ0v) is 16.2. The highest BCUT2D eigenvalue weighted by Gasteiger charge is 2.21. The molecule has 1 fully saturated rings. The first-order chi connectivity index (χ1) is 13.2. The van der Waals surface area contributed by atoms with Gasteiger partial charge in [0.1, 0.15) is 10.7 Å². The molecule has 2 aromatic rings. The molecule has 27 heavy (non-hydrogen) atoms. The Morgan fingerprint density at radius 1 is 1.19 bits per heavy atom. The van der Waals surface area contributed by atoms with Crippen molar-refractivity contribution in [2.24, 2.45) is 0 Å². The van der Waals surface area contributed by atoms with Crippen LogP contribution in [0.25, 0.3) is 0 Å². The average molecular weight is 388 g/mol. The monoisotopic (exact) mass is 387 g/mol. The molecule has 1 amide bonds. The van der Waals surface area contributed by atoms with E-state index in [4.69, 9.17) is 4.74 Å². The quantitative estimate of drug-likeness (QED) is 0.619. The van der Waals surface area contributed by atoms with Gasteiger partial charge in [0, 0.05) is 10.9 Å². The number of rotatable bonds is 5. The van der Waals surface area contributed by atoms with Crippen LogP contribution in [0.2, 0.25) is 0 Å². The summed E-state index contributed by atoms with van der Waals surface area (Å²) < 4.78 is 7.12. The molecule has 2 aliphatic carbocycles. The van der Waals surface area contributed by atoms with Crippen LogP contribution in [-0.4, -0.2) is 28.3 Å². The van der Waals surface area contributed by atoms with Gasteiger partial charge in [-0.25, -0.2) is 9.48 Å². The lowest BCUT2D eigenvalue weighted by Gasteiger charge is -2.14. The summed E-state index contributed by atoms with van der Waals surface area (Å²) in [6.45, 7) is -0.281. The summed E-state index contributed by atoms with van der Waals surface area (Å²) in [6, 6.07) is 4.08. The molecule has 1 N–H and O–H groups in total. The van der Waals surface area contributed by atoms with Crippen LogP contribution in [-0.2, 0) is 22.4 Å². The number of carbonyl (C=O) groups is 2. The van der Waals surface area contributed by atoms with E-state index in [0.717, 1.165) is 25.7 Å². The Morgan fingerprint density at radius 2 is 2.00 bits per heavy atom. The van der Waals surface area contributed by atoms with E-state index in [1.807, 2.05) is 10.7 Å². The van der Waals surface area contributed by atoms with E-state index in [1.54, 1.807) is 12.3 Å². The maximum Gasteiger partial charge on any atom is 0.348 e. The minimum absolute atomic E-state index is 0.281. The van der Waals surface area contributed by atoms with Gasteiger partial charge in [0.25, 0.3) is 5.91 Å². The molecular weight excluding hydrogens is 362 g/mol. The minimum Gasteiger partial charge on any atom is -0.451 e. The van der Waals surface area contributed by atoms with Gasteiger partial charge < -0.3 is 10.1 Å². The number of esters is 1. The highest BCUT2D eigenvalue weighted by atomic mass is 32.1. The number of aryl methyl sites for hydroxylation is 2. The second-order valence-electron chi connectivity index (χ2n) is 7.34. The van der Waals surface area contributed by atoms with Gasteiger partial charge in [-0.1, -0.05) is 19.3 Å². The third-order valence-electron chi connectivity index (χ3n) is 5.39. The molecule has 0 atom stereocenters. The molecule has 1 saturated carbocycles. The highest BCUT2D eigenvalue weighted by Crippen LogP contribution is 2.31. The number of anilines is 1. The fourth-order valence-electron chi connectivity index (χ4n) is 4.00. The third-order valence-corrected chi connectivity index (χ3v) is 6.61. The number of hydrogen-bond acceptors (Lipinski definition) is 5. The van der Waals surface area contributed by atoms with E-state index >= 15 is 0 Å². The maximum absolute atomic E-state index is 12.3. The van der Waals surface area contributed by atoms with Crippen molar-refractivity contribution in [3.05, 3.63) is 33.6 Å². The lowest BCUT2D eigenvalue weighted by molar-refractivity contribution is -0.119. The molecule has 144 valence electrons. The summed E-state index contributed by atoms with van der Waals surface area (Å²) in [5.74, 6) is -0.0699. The van der Waals surface area contributed by atoms with Crippen molar-refractivity contribution in [3.63, 3.8) is 0 Å². The Morgan fingerprint density at radius 3 is 2.85 bits per heavy atom. The van der Waals surface area contributed by atoms with Crippen LogP contribution in [0.1, 0.15) is 71.1 Å². The number of nitrogens with one attached hydrogen (secondary N) is 1. The zero-order valence-electron chi connectivity index (χ0n) is 15.4. The van der Waals surface area contributed by atoms with Crippen molar-refractivity contribution in [1.29, 1.82) is 0 Å². The van der Waals surface area contributed by atoms with Crippen LogP contribution in [0.3, 0.4) is 0 Å². The van der Waals surface area contributed by atoms with Crippen LogP contribution >= 0.6 is 11.3 Å². The highest BCUT2D eigenvalue weighted by molar-refractivity contribution is 7.14. The lowest BCUT2D eigenvalue weighted by atomic mass is 10.1. The molecule has 0 aromatic carbocycles. The maximum atomic E-state index is 12.3. The Bertz CT molecular complexity index is 797. The molecule has 6 nitrogen and oxygen atoms in total. The summed E-state index contributed by atoms with van der Waals surface area (Å²) in [4.78, 5) is 26.4. The third kappa shape index (κ3) is 4.24. The van der Waals surface area contributed by atoms with E-state index < -0.39 is 5.97 Å². The first-order valence-corrected chi connectivity index (χ1v) is 10.6. The van der Waals surface area contributed by atoms with Gasteiger partial charge in [-0.2, -0.15) is 5.10 Å². The number of hydrogen-bond donors (Lipinski definition) is 1. The molecule has 0 radical (unpaired) electrons. The zero-order chi connectivity index (χ0) is 18.6. The minimum atomic E-state index is -0.410. The molecule has 0 aliphatic heterocycles. The van der Waals surface area contributed by atoms with Crippen LogP contribution in [0.4, 0.5) is 5.82 Å². The Balaban J connectivity index is 1.32. The molecule has 0 saturated heterocycles. The predicted octanol–water partition coefficient (Wildman–Crippen LogP) is 4.12. The van der Waals surface area contributed by atoms with E-state index in [1.165, 1.54) is 53.9 Å². The Hall–Kier alpha value is -2.15. The molecule has 0 unspecified atom stereocenters. The molecule has 0 bridgehead atoms.